The maximum Gasteiger partial charge on any atom is 0.0283 e. The number of hydrogen-bond acceptors (Lipinski definition) is 2. The molecule has 0 aromatic heterocycles. The van der Waals surface area contributed by atoms with Crippen LogP contribution in [0.25, 0.3) is 0 Å². The lowest BCUT2D eigenvalue weighted by atomic mass is 9.80. The lowest BCUT2D eigenvalue weighted by Gasteiger charge is -2.41. The summed E-state index contributed by atoms with van der Waals surface area (Å²) in [6.45, 7) is 3.46. The van der Waals surface area contributed by atoms with E-state index in [2.05, 4.69) is 18.9 Å². The van der Waals surface area contributed by atoms with E-state index in [0.717, 1.165) is 18.5 Å². The van der Waals surface area contributed by atoms with Crippen LogP contribution in [-0.4, -0.2) is 30.1 Å². The van der Waals surface area contributed by atoms with E-state index in [0.29, 0.717) is 0 Å². The van der Waals surface area contributed by atoms with Gasteiger partial charge in [-0.15, -0.1) is 0 Å². The van der Waals surface area contributed by atoms with Crippen molar-refractivity contribution in [3.8, 4) is 0 Å². The second-order valence-corrected chi connectivity index (χ2v) is 6.92. The fraction of sp³-hybridized carbons (Fsp3) is 1.00. The normalized spacial score (nSPS) is 32.7. The van der Waals surface area contributed by atoms with Gasteiger partial charge in [-0.25, -0.2) is 0 Å². The summed E-state index contributed by atoms with van der Waals surface area (Å²) in [6.07, 6.45) is 13.6. The van der Waals surface area contributed by atoms with Crippen LogP contribution in [0.4, 0.5) is 0 Å². The van der Waals surface area contributed by atoms with Crippen LogP contribution in [0.1, 0.15) is 71.1 Å². The molecule has 2 rings (SSSR count). The molecule has 0 bridgehead atoms. The Morgan fingerprint density at radius 1 is 1.06 bits per heavy atom. The number of likely N-dealkylation sites (N-methyl/N-ethyl adjacent to an activating group) is 1. The average molecular weight is 252 g/mol. The van der Waals surface area contributed by atoms with E-state index in [1.165, 1.54) is 64.2 Å². The van der Waals surface area contributed by atoms with E-state index >= 15 is 0 Å². The molecule has 2 fully saturated rings. The van der Waals surface area contributed by atoms with Crippen molar-refractivity contribution < 1.29 is 0 Å². The third-order valence-electron chi connectivity index (χ3n) is 5.43. The molecular weight excluding hydrogens is 220 g/mol. The van der Waals surface area contributed by atoms with Crippen molar-refractivity contribution in [1.82, 2.24) is 4.90 Å². The number of nitrogens with two attached hydrogens (primary N) is 1. The molecule has 0 spiro atoms. The molecule has 106 valence electrons. The van der Waals surface area contributed by atoms with Crippen molar-refractivity contribution in [3.63, 3.8) is 0 Å². The minimum absolute atomic E-state index is 0.120. The van der Waals surface area contributed by atoms with Crippen LogP contribution in [0.2, 0.25) is 0 Å². The van der Waals surface area contributed by atoms with Crippen molar-refractivity contribution in [2.45, 2.75) is 82.7 Å². The van der Waals surface area contributed by atoms with E-state index in [1.807, 2.05) is 0 Å². The number of nitrogens with zero attached hydrogens (tertiary/aromatic N) is 1. The largest absolute Gasteiger partial charge is 0.324 e. The van der Waals surface area contributed by atoms with Gasteiger partial charge in [-0.1, -0.05) is 32.6 Å². The number of hydrogen-bond donors (Lipinski definition) is 1. The Bertz CT molecular complexity index is 237. The summed E-state index contributed by atoms with van der Waals surface area (Å²) in [5, 5.41) is 0. The molecule has 0 aliphatic heterocycles. The molecule has 2 heteroatoms. The molecule has 0 aromatic rings. The van der Waals surface area contributed by atoms with Crippen LogP contribution in [-0.2, 0) is 0 Å². The van der Waals surface area contributed by atoms with Gasteiger partial charge in [0.25, 0.3) is 0 Å². The van der Waals surface area contributed by atoms with Crippen LogP contribution in [0.3, 0.4) is 0 Å². The summed E-state index contributed by atoms with van der Waals surface area (Å²) in [7, 11) is 2.31. The van der Waals surface area contributed by atoms with E-state index in [-0.39, 0.29) is 5.54 Å². The summed E-state index contributed by atoms with van der Waals surface area (Å²) in [6, 6.07) is 0.801. The minimum atomic E-state index is 0.120. The number of rotatable bonds is 4. The maximum absolute atomic E-state index is 6.58. The zero-order chi connectivity index (χ0) is 13.0. The highest BCUT2D eigenvalue weighted by atomic mass is 15.2. The highest BCUT2D eigenvalue weighted by molar-refractivity contribution is 4.91. The molecule has 2 aliphatic rings. The lowest BCUT2D eigenvalue weighted by Crippen LogP contribution is -2.53. The van der Waals surface area contributed by atoms with Gasteiger partial charge in [0.2, 0.25) is 0 Å². The molecule has 2 aliphatic carbocycles. The summed E-state index contributed by atoms with van der Waals surface area (Å²) in [5.74, 6) is 0.996. The Hall–Kier alpha value is -0.0800. The van der Waals surface area contributed by atoms with Gasteiger partial charge in [-0.05, 0) is 51.5 Å². The molecule has 2 saturated carbocycles. The first-order valence-electron chi connectivity index (χ1n) is 8.12. The Balaban J connectivity index is 1.79. The summed E-state index contributed by atoms with van der Waals surface area (Å²) < 4.78 is 0. The molecule has 0 unspecified atom stereocenters. The highest BCUT2D eigenvalue weighted by Gasteiger charge is 2.31. The Kier molecular flexibility index (Phi) is 5.08. The quantitative estimate of drug-likeness (QED) is 0.829. The third kappa shape index (κ3) is 3.71. The van der Waals surface area contributed by atoms with Crippen molar-refractivity contribution in [2.75, 3.05) is 13.6 Å². The zero-order valence-corrected chi connectivity index (χ0v) is 12.5. The van der Waals surface area contributed by atoms with Gasteiger partial charge in [-0.3, -0.25) is 0 Å². The first-order chi connectivity index (χ1) is 8.63. The molecular formula is C16H32N2. The summed E-state index contributed by atoms with van der Waals surface area (Å²) >= 11 is 0. The van der Waals surface area contributed by atoms with Crippen molar-refractivity contribution in [2.24, 2.45) is 11.7 Å². The van der Waals surface area contributed by atoms with Crippen molar-refractivity contribution in [1.29, 1.82) is 0 Å². The molecule has 0 amide bonds. The Labute approximate surface area is 113 Å². The van der Waals surface area contributed by atoms with Gasteiger partial charge in [0.05, 0.1) is 0 Å². The van der Waals surface area contributed by atoms with Gasteiger partial charge in [0, 0.05) is 18.1 Å². The Morgan fingerprint density at radius 2 is 1.67 bits per heavy atom. The molecule has 0 radical (unpaired) electrons. The van der Waals surface area contributed by atoms with E-state index in [4.69, 9.17) is 5.73 Å². The zero-order valence-electron chi connectivity index (χ0n) is 12.5. The van der Waals surface area contributed by atoms with Gasteiger partial charge >= 0.3 is 0 Å². The van der Waals surface area contributed by atoms with Crippen LogP contribution in [0.15, 0.2) is 0 Å². The van der Waals surface area contributed by atoms with E-state index in [1.54, 1.807) is 0 Å². The highest BCUT2D eigenvalue weighted by Crippen LogP contribution is 2.31. The SMILES string of the molecule is CCC1CCC(N(C)CC2(N)CCCCC2)CC1. The monoisotopic (exact) mass is 252 g/mol. The molecule has 2 nitrogen and oxygen atoms in total. The Morgan fingerprint density at radius 3 is 2.22 bits per heavy atom. The van der Waals surface area contributed by atoms with Gasteiger partial charge in [-0.2, -0.15) is 0 Å². The maximum atomic E-state index is 6.58. The standard InChI is InChI=1S/C16H32N2/c1-3-14-7-9-15(10-8-14)18(2)13-16(17)11-5-4-6-12-16/h14-15H,3-13,17H2,1-2H3. The first-order valence-corrected chi connectivity index (χ1v) is 8.12. The predicted molar refractivity (Wildman–Crippen MR) is 78.7 cm³/mol. The lowest BCUT2D eigenvalue weighted by molar-refractivity contribution is 0.118. The average Bonchev–Trinajstić information content (AvgIpc) is 2.39. The van der Waals surface area contributed by atoms with E-state index < -0.39 is 0 Å². The predicted octanol–water partition coefficient (Wildman–Crippen LogP) is 3.55. The van der Waals surface area contributed by atoms with Crippen molar-refractivity contribution >= 4 is 0 Å². The summed E-state index contributed by atoms with van der Waals surface area (Å²) in [4.78, 5) is 2.58. The van der Waals surface area contributed by atoms with Gasteiger partial charge < -0.3 is 10.6 Å². The summed E-state index contributed by atoms with van der Waals surface area (Å²) in [5.41, 5.74) is 6.70. The van der Waals surface area contributed by atoms with Crippen LogP contribution < -0.4 is 5.73 Å². The molecule has 18 heavy (non-hydrogen) atoms. The van der Waals surface area contributed by atoms with Crippen LogP contribution in [0.5, 0.6) is 0 Å². The third-order valence-corrected chi connectivity index (χ3v) is 5.43. The van der Waals surface area contributed by atoms with Crippen molar-refractivity contribution in [3.05, 3.63) is 0 Å². The fourth-order valence-corrected chi connectivity index (χ4v) is 4.03. The first kappa shape index (κ1) is 14.3. The topological polar surface area (TPSA) is 29.3 Å². The fourth-order valence-electron chi connectivity index (χ4n) is 4.03. The van der Waals surface area contributed by atoms with E-state index in [9.17, 15) is 0 Å². The molecule has 0 atom stereocenters. The smallest absolute Gasteiger partial charge is 0.0283 e. The minimum Gasteiger partial charge on any atom is -0.324 e. The molecule has 0 aromatic carbocycles. The van der Waals surface area contributed by atoms with Crippen LogP contribution >= 0.6 is 0 Å². The second kappa shape index (κ2) is 6.38. The van der Waals surface area contributed by atoms with Crippen LogP contribution in [0, 0.1) is 5.92 Å². The van der Waals surface area contributed by atoms with Gasteiger partial charge in [0.15, 0.2) is 0 Å². The molecule has 0 saturated heterocycles. The molecule has 0 heterocycles. The van der Waals surface area contributed by atoms with Gasteiger partial charge in [0.1, 0.15) is 0 Å². The molecule has 2 N–H and O–H groups in total. The second-order valence-electron chi connectivity index (χ2n) is 6.92.